The smallest absolute Gasteiger partial charge is 0.207 e. The molecule has 1 aromatic carbocycles. The summed E-state index contributed by atoms with van der Waals surface area (Å²) in [5.74, 6) is -2.17. The molecular weight excluding hydrogens is 296 g/mol. The topological polar surface area (TPSA) is 37.4 Å². The van der Waals surface area contributed by atoms with E-state index in [-0.39, 0.29) is 4.90 Å². The molecule has 1 aliphatic carbocycles. The Morgan fingerprint density at radius 1 is 0.905 bits per heavy atom. The monoisotopic (exact) mass is 313 g/mol. The highest BCUT2D eigenvalue weighted by atomic mass is 32.2. The molecule has 114 valence electrons. The summed E-state index contributed by atoms with van der Waals surface area (Å²) < 4.78 is 52.4. The van der Waals surface area contributed by atoms with Gasteiger partial charge >= 0.3 is 0 Å². The van der Waals surface area contributed by atoms with E-state index < -0.39 is 21.7 Å². The SMILES string of the molecule is O=S(=O)(c1ccc(F)c(F)c1)N1CCC(=C2CCC2)CC1. The van der Waals surface area contributed by atoms with Crippen LogP contribution in [0.15, 0.2) is 34.2 Å². The second kappa shape index (κ2) is 5.50. The average Bonchev–Trinajstić information content (AvgIpc) is 2.40. The van der Waals surface area contributed by atoms with E-state index in [1.54, 1.807) is 0 Å². The molecule has 3 rings (SSSR count). The molecule has 21 heavy (non-hydrogen) atoms. The van der Waals surface area contributed by atoms with Gasteiger partial charge in [0, 0.05) is 13.1 Å². The summed E-state index contributed by atoms with van der Waals surface area (Å²) in [5, 5.41) is 0. The van der Waals surface area contributed by atoms with Crippen LogP contribution in [0.25, 0.3) is 0 Å². The van der Waals surface area contributed by atoms with E-state index in [0.717, 1.165) is 43.9 Å². The van der Waals surface area contributed by atoms with Crippen molar-refractivity contribution in [3.63, 3.8) is 0 Å². The van der Waals surface area contributed by atoms with Crippen molar-refractivity contribution < 1.29 is 17.2 Å². The van der Waals surface area contributed by atoms with E-state index in [9.17, 15) is 17.2 Å². The fourth-order valence-electron chi connectivity index (χ4n) is 2.84. The van der Waals surface area contributed by atoms with E-state index in [2.05, 4.69) is 0 Å². The van der Waals surface area contributed by atoms with E-state index in [1.807, 2.05) is 0 Å². The number of rotatable bonds is 2. The molecule has 1 saturated carbocycles. The van der Waals surface area contributed by atoms with Crippen molar-refractivity contribution >= 4 is 10.0 Å². The van der Waals surface area contributed by atoms with E-state index in [4.69, 9.17) is 0 Å². The zero-order valence-corrected chi connectivity index (χ0v) is 12.4. The molecule has 0 N–H and O–H groups in total. The Morgan fingerprint density at radius 3 is 2.05 bits per heavy atom. The second-order valence-electron chi connectivity index (χ2n) is 5.54. The molecule has 0 atom stereocenters. The van der Waals surface area contributed by atoms with E-state index in [1.165, 1.54) is 21.9 Å². The third-order valence-corrected chi connectivity index (χ3v) is 6.21. The van der Waals surface area contributed by atoms with Crippen molar-refractivity contribution in [2.75, 3.05) is 13.1 Å². The van der Waals surface area contributed by atoms with Gasteiger partial charge in [-0.2, -0.15) is 4.31 Å². The lowest BCUT2D eigenvalue weighted by Gasteiger charge is -2.31. The maximum absolute atomic E-state index is 13.2. The summed E-state index contributed by atoms with van der Waals surface area (Å²) in [5.41, 5.74) is 2.87. The van der Waals surface area contributed by atoms with Crippen LogP contribution in [0.3, 0.4) is 0 Å². The maximum atomic E-state index is 13.2. The third-order valence-electron chi connectivity index (χ3n) is 4.31. The molecule has 0 amide bonds. The predicted octanol–water partition coefficient (Wildman–Crippen LogP) is 3.23. The number of hydrogen-bond donors (Lipinski definition) is 0. The molecule has 1 heterocycles. The lowest BCUT2D eigenvalue weighted by molar-refractivity contribution is 0.381. The van der Waals surface area contributed by atoms with Gasteiger partial charge in [0.25, 0.3) is 0 Å². The standard InChI is InChI=1S/C15H17F2NO2S/c16-14-5-4-13(10-15(14)17)21(19,20)18-8-6-12(7-9-18)11-2-1-3-11/h4-5,10H,1-3,6-9H2. The van der Waals surface area contributed by atoms with Crippen LogP contribution < -0.4 is 0 Å². The van der Waals surface area contributed by atoms with Crippen LogP contribution >= 0.6 is 0 Å². The highest BCUT2D eigenvalue weighted by Gasteiger charge is 2.29. The lowest BCUT2D eigenvalue weighted by atomic mass is 9.85. The molecular formula is C15H17F2NO2S. The summed E-state index contributed by atoms with van der Waals surface area (Å²) in [6.45, 7) is 0.834. The van der Waals surface area contributed by atoms with Crippen molar-refractivity contribution in [3.05, 3.63) is 41.0 Å². The average molecular weight is 313 g/mol. The van der Waals surface area contributed by atoms with Gasteiger partial charge in [-0.05, 0) is 50.3 Å². The third kappa shape index (κ3) is 2.74. The zero-order chi connectivity index (χ0) is 15.0. The van der Waals surface area contributed by atoms with Crippen molar-refractivity contribution in [1.82, 2.24) is 4.31 Å². The Hall–Kier alpha value is -1.27. The van der Waals surface area contributed by atoms with Gasteiger partial charge in [0.2, 0.25) is 10.0 Å². The van der Waals surface area contributed by atoms with Gasteiger partial charge in [0.1, 0.15) is 0 Å². The summed E-state index contributed by atoms with van der Waals surface area (Å²) in [6.07, 6.45) is 5.02. The Morgan fingerprint density at radius 2 is 1.52 bits per heavy atom. The molecule has 0 spiro atoms. The van der Waals surface area contributed by atoms with Crippen LogP contribution in [0.2, 0.25) is 0 Å². The Balaban J connectivity index is 1.78. The van der Waals surface area contributed by atoms with Crippen LogP contribution in [0.5, 0.6) is 0 Å². The highest BCUT2D eigenvalue weighted by molar-refractivity contribution is 7.89. The number of halogens is 2. The molecule has 0 bridgehead atoms. The molecule has 0 unspecified atom stereocenters. The maximum Gasteiger partial charge on any atom is 0.243 e. The number of benzene rings is 1. The van der Waals surface area contributed by atoms with Crippen molar-refractivity contribution in [2.45, 2.75) is 37.0 Å². The van der Waals surface area contributed by atoms with Crippen LogP contribution in [-0.4, -0.2) is 25.8 Å². The molecule has 1 saturated heterocycles. The quantitative estimate of drug-likeness (QED) is 0.786. The number of allylic oxidation sites excluding steroid dienone is 1. The molecule has 2 aliphatic rings. The number of hydrogen-bond acceptors (Lipinski definition) is 2. The molecule has 3 nitrogen and oxygen atoms in total. The van der Waals surface area contributed by atoms with Gasteiger partial charge in [0.05, 0.1) is 4.90 Å². The summed E-state index contributed by atoms with van der Waals surface area (Å²) in [6, 6.07) is 2.73. The molecule has 2 fully saturated rings. The van der Waals surface area contributed by atoms with Gasteiger partial charge in [-0.15, -0.1) is 0 Å². The molecule has 6 heteroatoms. The molecule has 1 aromatic rings. The van der Waals surface area contributed by atoms with E-state index in [0.29, 0.717) is 13.1 Å². The fourth-order valence-corrected chi connectivity index (χ4v) is 4.30. The van der Waals surface area contributed by atoms with Gasteiger partial charge in [-0.1, -0.05) is 11.1 Å². The second-order valence-corrected chi connectivity index (χ2v) is 7.48. The summed E-state index contributed by atoms with van der Waals surface area (Å²) in [7, 11) is -3.74. The Kier molecular flexibility index (Phi) is 3.84. The Labute approximate surface area is 123 Å². The van der Waals surface area contributed by atoms with Crippen LogP contribution in [0, 0.1) is 11.6 Å². The summed E-state index contributed by atoms with van der Waals surface area (Å²) >= 11 is 0. The molecule has 0 aromatic heterocycles. The first-order chi connectivity index (χ1) is 9.98. The van der Waals surface area contributed by atoms with E-state index >= 15 is 0 Å². The van der Waals surface area contributed by atoms with Crippen LogP contribution in [0.1, 0.15) is 32.1 Å². The van der Waals surface area contributed by atoms with Crippen molar-refractivity contribution in [1.29, 1.82) is 0 Å². The minimum atomic E-state index is -3.74. The van der Waals surface area contributed by atoms with Crippen LogP contribution in [-0.2, 0) is 10.0 Å². The van der Waals surface area contributed by atoms with Crippen molar-refractivity contribution in [2.24, 2.45) is 0 Å². The summed E-state index contributed by atoms with van der Waals surface area (Å²) in [4.78, 5) is -0.179. The molecule has 1 aliphatic heterocycles. The Bertz CT molecular complexity index is 682. The largest absolute Gasteiger partial charge is 0.243 e. The minimum absolute atomic E-state index is 0.179. The first-order valence-electron chi connectivity index (χ1n) is 7.13. The first-order valence-corrected chi connectivity index (χ1v) is 8.57. The minimum Gasteiger partial charge on any atom is -0.207 e. The zero-order valence-electron chi connectivity index (χ0n) is 11.6. The number of nitrogens with zero attached hydrogens (tertiary/aromatic N) is 1. The highest BCUT2D eigenvalue weighted by Crippen LogP contribution is 2.34. The van der Waals surface area contributed by atoms with Gasteiger partial charge in [-0.25, -0.2) is 17.2 Å². The predicted molar refractivity (Wildman–Crippen MR) is 75.2 cm³/mol. The normalized spacial score (nSPS) is 20.5. The van der Waals surface area contributed by atoms with Crippen molar-refractivity contribution in [3.8, 4) is 0 Å². The van der Waals surface area contributed by atoms with Gasteiger partial charge in [-0.3, -0.25) is 0 Å². The molecule has 0 radical (unpaired) electrons. The number of piperidine rings is 1. The fraction of sp³-hybridized carbons (Fsp3) is 0.467. The first kappa shape index (κ1) is 14.7. The lowest BCUT2D eigenvalue weighted by Crippen LogP contribution is -2.36. The van der Waals surface area contributed by atoms with Gasteiger partial charge < -0.3 is 0 Å². The van der Waals surface area contributed by atoms with Crippen LogP contribution in [0.4, 0.5) is 8.78 Å². The number of sulfonamides is 1. The van der Waals surface area contributed by atoms with Gasteiger partial charge in [0.15, 0.2) is 11.6 Å².